The van der Waals surface area contributed by atoms with Crippen molar-refractivity contribution in [1.82, 2.24) is 0 Å². The smallest absolute Gasteiger partial charge is 0.345 e. The summed E-state index contributed by atoms with van der Waals surface area (Å²) in [6.07, 6.45) is -1.40. The molecule has 1 aliphatic rings. The van der Waals surface area contributed by atoms with Crippen molar-refractivity contribution in [2.75, 3.05) is 7.11 Å². The Morgan fingerprint density at radius 3 is 2.36 bits per heavy atom. The Balaban J connectivity index is 3.15. The third-order valence-corrected chi connectivity index (χ3v) is 3.72. The average molecular weight is 316 g/mol. The summed E-state index contributed by atoms with van der Waals surface area (Å²) in [6, 6.07) is 0. The molecule has 8 heteroatoms. The number of methoxy groups -OCH3 is 1. The molecular formula is C14H20O8. The van der Waals surface area contributed by atoms with E-state index in [0.29, 0.717) is 6.42 Å². The average Bonchev–Trinajstić information content (AvgIpc) is 2.49. The molecule has 22 heavy (non-hydrogen) atoms. The van der Waals surface area contributed by atoms with E-state index in [4.69, 9.17) is 9.47 Å². The van der Waals surface area contributed by atoms with E-state index >= 15 is 0 Å². The molecule has 4 atom stereocenters. The molecule has 0 aliphatic carbocycles. The van der Waals surface area contributed by atoms with Gasteiger partial charge in [0.15, 0.2) is 5.60 Å². The third kappa shape index (κ3) is 2.89. The number of aliphatic hydroxyl groups is 1. The number of carbonyl (C=O) groups is 4. The molecule has 1 fully saturated rings. The molecule has 0 radical (unpaired) electrons. The predicted octanol–water partition coefficient (Wildman–Crippen LogP) is -0.247. The van der Waals surface area contributed by atoms with Crippen LogP contribution in [0.3, 0.4) is 0 Å². The van der Waals surface area contributed by atoms with Crippen LogP contribution in [0.25, 0.3) is 0 Å². The van der Waals surface area contributed by atoms with Crippen LogP contribution in [0, 0.1) is 5.92 Å². The van der Waals surface area contributed by atoms with E-state index in [-0.39, 0.29) is 0 Å². The summed E-state index contributed by atoms with van der Waals surface area (Å²) in [5.74, 6) is -4.67. The quantitative estimate of drug-likeness (QED) is 0.557. The maximum atomic E-state index is 12.2. The van der Waals surface area contributed by atoms with Gasteiger partial charge in [-0.1, -0.05) is 13.8 Å². The Morgan fingerprint density at radius 1 is 1.36 bits per heavy atom. The van der Waals surface area contributed by atoms with E-state index in [9.17, 15) is 24.3 Å². The summed E-state index contributed by atoms with van der Waals surface area (Å²) in [4.78, 5) is 47.8. The number of carbonyl (C=O) groups excluding carboxylic acids is 4. The van der Waals surface area contributed by atoms with Gasteiger partial charge in [-0.2, -0.15) is 0 Å². The van der Waals surface area contributed by atoms with Crippen LogP contribution in [-0.2, 0) is 33.4 Å². The first-order valence-electron chi connectivity index (χ1n) is 6.80. The van der Waals surface area contributed by atoms with Gasteiger partial charge in [0.05, 0.1) is 13.0 Å². The van der Waals surface area contributed by atoms with Crippen molar-refractivity contribution in [2.45, 2.75) is 51.6 Å². The molecule has 8 nitrogen and oxygen atoms in total. The van der Waals surface area contributed by atoms with Gasteiger partial charge in [-0.05, 0) is 20.3 Å². The van der Waals surface area contributed by atoms with Gasteiger partial charge in [-0.25, -0.2) is 4.79 Å². The van der Waals surface area contributed by atoms with Crippen molar-refractivity contribution in [3.63, 3.8) is 0 Å². The van der Waals surface area contributed by atoms with Crippen LogP contribution in [0.5, 0.6) is 0 Å². The molecule has 1 aliphatic heterocycles. The van der Waals surface area contributed by atoms with Crippen LogP contribution in [-0.4, -0.2) is 53.2 Å². The van der Waals surface area contributed by atoms with Crippen LogP contribution in [0.4, 0.5) is 0 Å². The lowest BCUT2D eigenvalue weighted by Crippen LogP contribution is -2.68. The van der Waals surface area contributed by atoms with Crippen LogP contribution in [0.2, 0.25) is 0 Å². The van der Waals surface area contributed by atoms with E-state index in [1.807, 2.05) is 0 Å². The number of rotatable bonds is 4. The number of hydrogen-bond acceptors (Lipinski definition) is 8. The van der Waals surface area contributed by atoms with Crippen molar-refractivity contribution in [1.29, 1.82) is 0 Å². The van der Waals surface area contributed by atoms with Gasteiger partial charge >= 0.3 is 11.9 Å². The van der Waals surface area contributed by atoms with Gasteiger partial charge in [0, 0.05) is 0 Å². The maximum Gasteiger partial charge on any atom is 0.345 e. The van der Waals surface area contributed by atoms with Crippen LogP contribution >= 0.6 is 0 Å². The molecule has 0 amide bonds. The molecule has 0 saturated carbocycles. The molecule has 1 rings (SSSR count). The van der Waals surface area contributed by atoms with Crippen LogP contribution in [0.1, 0.15) is 34.1 Å². The maximum absolute atomic E-state index is 12.2. The Bertz CT molecular complexity index is 509. The fourth-order valence-electron chi connectivity index (χ4n) is 1.93. The summed E-state index contributed by atoms with van der Waals surface area (Å²) in [5, 5.41) is 10.1. The molecule has 0 bridgehead atoms. The molecule has 1 heterocycles. The summed E-state index contributed by atoms with van der Waals surface area (Å²) >= 11 is 0. The first-order chi connectivity index (χ1) is 10.0. The fraction of sp³-hybridized carbons (Fsp3) is 0.714. The van der Waals surface area contributed by atoms with Crippen molar-refractivity contribution in [3.05, 3.63) is 0 Å². The van der Waals surface area contributed by atoms with Gasteiger partial charge in [-0.3, -0.25) is 14.4 Å². The lowest BCUT2D eigenvalue weighted by Gasteiger charge is -2.40. The fourth-order valence-corrected chi connectivity index (χ4v) is 1.93. The minimum Gasteiger partial charge on any atom is -0.467 e. The van der Waals surface area contributed by atoms with Gasteiger partial charge in [-0.15, -0.1) is 0 Å². The Hall–Kier alpha value is -1.80. The van der Waals surface area contributed by atoms with Crippen LogP contribution < -0.4 is 0 Å². The van der Waals surface area contributed by atoms with Gasteiger partial charge in [0.25, 0.3) is 6.29 Å². The number of ether oxygens (including phenoxy) is 3. The Kier molecular flexibility index (Phi) is 5.09. The SMILES string of the molecule is CC[C@H](C)C(=O)O[C@@H]1O[C@@](C)(C(=O)OC)C(=O)[C@@](C)(O)C1=O. The third-order valence-electron chi connectivity index (χ3n) is 3.72. The lowest BCUT2D eigenvalue weighted by atomic mass is 9.81. The van der Waals surface area contributed by atoms with Crippen molar-refractivity contribution >= 4 is 23.5 Å². The molecule has 124 valence electrons. The molecular weight excluding hydrogens is 296 g/mol. The highest BCUT2D eigenvalue weighted by Gasteiger charge is 2.63. The Labute approximate surface area is 127 Å². The number of hydrogen-bond donors (Lipinski definition) is 1. The van der Waals surface area contributed by atoms with Gasteiger partial charge < -0.3 is 19.3 Å². The first-order valence-corrected chi connectivity index (χ1v) is 6.80. The minimum absolute atomic E-state index is 0.462. The molecule has 0 unspecified atom stereocenters. The first kappa shape index (κ1) is 18.2. The predicted molar refractivity (Wildman–Crippen MR) is 71.5 cm³/mol. The van der Waals surface area contributed by atoms with Gasteiger partial charge in [0.1, 0.15) is 0 Å². The standard InChI is InChI=1S/C14H20O8/c1-6-7(2)9(16)21-10-8(15)13(3,19)11(17)14(4,22-10)12(18)20-5/h7,10,19H,6H2,1-5H3/t7-,10+,13-,14+/m0/s1. The second-order valence-electron chi connectivity index (χ2n) is 5.49. The zero-order valence-electron chi connectivity index (χ0n) is 13.2. The summed E-state index contributed by atoms with van der Waals surface area (Å²) in [7, 11) is 1.02. The number of esters is 2. The summed E-state index contributed by atoms with van der Waals surface area (Å²) < 4.78 is 14.4. The van der Waals surface area contributed by atoms with E-state index in [0.717, 1.165) is 21.0 Å². The highest BCUT2D eigenvalue weighted by Crippen LogP contribution is 2.32. The molecule has 0 aromatic rings. The van der Waals surface area contributed by atoms with Crippen LogP contribution in [0.15, 0.2) is 0 Å². The van der Waals surface area contributed by atoms with Gasteiger partial charge in [0.2, 0.25) is 17.2 Å². The normalized spacial score (nSPS) is 33.3. The molecule has 1 N–H and O–H groups in total. The van der Waals surface area contributed by atoms with Crippen molar-refractivity contribution in [3.8, 4) is 0 Å². The lowest BCUT2D eigenvalue weighted by molar-refractivity contribution is -0.239. The second kappa shape index (κ2) is 6.13. The monoisotopic (exact) mass is 316 g/mol. The topological polar surface area (TPSA) is 116 Å². The van der Waals surface area contributed by atoms with E-state index < -0.39 is 46.9 Å². The largest absolute Gasteiger partial charge is 0.467 e. The minimum atomic E-state index is -2.53. The molecule has 1 saturated heterocycles. The summed E-state index contributed by atoms with van der Waals surface area (Å²) in [6.45, 7) is 5.30. The Morgan fingerprint density at radius 2 is 1.91 bits per heavy atom. The number of Topliss-reactive ketones (excluding diaryl/α,β-unsaturated/α-hetero) is 2. The van der Waals surface area contributed by atoms with E-state index in [1.165, 1.54) is 0 Å². The highest BCUT2D eigenvalue weighted by atomic mass is 16.7. The van der Waals surface area contributed by atoms with E-state index in [1.54, 1.807) is 13.8 Å². The zero-order valence-corrected chi connectivity index (χ0v) is 13.2. The van der Waals surface area contributed by atoms with Crippen molar-refractivity contribution in [2.24, 2.45) is 5.92 Å². The number of ketones is 2. The second-order valence-corrected chi connectivity index (χ2v) is 5.49. The van der Waals surface area contributed by atoms with E-state index in [2.05, 4.69) is 4.74 Å². The van der Waals surface area contributed by atoms with Crippen molar-refractivity contribution < 1.29 is 38.5 Å². The zero-order chi connectivity index (χ0) is 17.3. The highest BCUT2D eigenvalue weighted by molar-refractivity contribution is 6.22. The molecule has 0 aromatic carbocycles. The summed E-state index contributed by atoms with van der Waals surface area (Å²) in [5.41, 5.74) is -4.77. The molecule has 0 spiro atoms. The molecule has 0 aromatic heterocycles.